The maximum Gasteiger partial charge on any atom is 0.250 e. The number of imide groups is 1. The summed E-state index contributed by atoms with van der Waals surface area (Å²) in [5.74, 6) is -2.55. The van der Waals surface area contributed by atoms with Gasteiger partial charge < -0.3 is 25.0 Å². The molecule has 1 spiro atoms. The van der Waals surface area contributed by atoms with Gasteiger partial charge in [-0.3, -0.25) is 24.6 Å². The van der Waals surface area contributed by atoms with E-state index >= 15 is 0 Å². The van der Waals surface area contributed by atoms with E-state index in [1.807, 2.05) is 6.07 Å². The number of hydrogen-bond acceptors (Lipinski definition) is 8. The minimum absolute atomic E-state index is 0.118. The van der Waals surface area contributed by atoms with Crippen LogP contribution in [0.15, 0.2) is 54.6 Å². The summed E-state index contributed by atoms with van der Waals surface area (Å²) in [5.41, 5.74) is 1.02. The van der Waals surface area contributed by atoms with E-state index < -0.39 is 35.2 Å². The minimum atomic E-state index is -1.50. The summed E-state index contributed by atoms with van der Waals surface area (Å²) < 4.78 is 10.7. The van der Waals surface area contributed by atoms with Crippen LogP contribution in [0.4, 0.5) is 5.69 Å². The summed E-state index contributed by atoms with van der Waals surface area (Å²) in [6, 6.07) is 14.2. The number of phenolic OH excluding ortho intramolecular Hbond substituents is 2. The zero-order chi connectivity index (χ0) is 29.1. The highest BCUT2D eigenvalue weighted by molar-refractivity contribution is 6.31. The molecule has 212 valence electrons. The first-order chi connectivity index (χ1) is 19.7. The Balaban J connectivity index is 1.36. The summed E-state index contributed by atoms with van der Waals surface area (Å²) in [7, 11) is 3.08. The maximum absolute atomic E-state index is 14.1. The number of amides is 3. The van der Waals surface area contributed by atoms with Crippen LogP contribution in [0.5, 0.6) is 23.0 Å². The third kappa shape index (κ3) is 4.17. The molecule has 0 aliphatic carbocycles. The first-order valence-electron chi connectivity index (χ1n) is 13.1. The van der Waals surface area contributed by atoms with Crippen molar-refractivity contribution in [1.29, 1.82) is 0 Å². The van der Waals surface area contributed by atoms with E-state index in [1.54, 1.807) is 43.5 Å². The molecule has 3 aromatic carbocycles. The highest BCUT2D eigenvalue weighted by Gasteiger charge is 2.70. The summed E-state index contributed by atoms with van der Waals surface area (Å²) in [4.78, 5) is 43.0. The zero-order valence-electron chi connectivity index (χ0n) is 22.3. The first kappa shape index (κ1) is 26.9. The largest absolute Gasteiger partial charge is 0.504 e. The van der Waals surface area contributed by atoms with Crippen molar-refractivity contribution in [2.75, 3.05) is 26.1 Å². The highest BCUT2D eigenvalue weighted by Crippen LogP contribution is 2.53. The normalized spacial score (nSPS) is 24.5. The van der Waals surface area contributed by atoms with Gasteiger partial charge in [-0.15, -0.1) is 0 Å². The van der Waals surface area contributed by atoms with Gasteiger partial charge in [0.2, 0.25) is 17.7 Å². The van der Waals surface area contributed by atoms with Crippen molar-refractivity contribution >= 4 is 35.0 Å². The molecular weight excluding hydrogens is 550 g/mol. The first-order valence-corrected chi connectivity index (χ1v) is 13.5. The standard InChI is InChI=1S/C30H28ClN3O7/c1-40-23-8-4-15(13-24(23)41-2)9-10-34-27(37)25-20(11-16-3-7-21(35)22(36)12-16)33-30(26(25)28(34)38)18-14-17(31)5-6-19(18)32-29(30)39/h3-8,12-14,20,25-26,33,35-36H,9-11H2,1-2H3,(H,32,39)/t20-,25-,26+,30+/m1/s1. The van der Waals surface area contributed by atoms with Crippen LogP contribution in [0.3, 0.4) is 0 Å². The summed E-state index contributed by atoms with van der Waals surface area (Å²) in [6.45, 7) is 0.118. The zero-order valence-corrected chi connectivity index (χ0v) is 23.1. The van der Waals surface area contributed by atoms with Gasteiger partial charge in [0, 0.05) is 28.9 Å². The number of carbonyl (C=O) groups is 3. The molecule has 0 saturated carbocycles. The van der Waals surface area contributed by atoms with Crippen molar-refractivity contribution in [3.05, 3.63) is 76.3 Å². The second-order valence-corrected chi connectivity index (χ2v) is 10.9. The molecule has 4 atom stereocenters. The number of carbonyl (C=O) groups excluding carboxylic acids is 3. The minimum Gasteiger partial charge on any atom is -0.504 e. The lowest BCUT2D eigenvalue weighted by molar-refractivity contribution is -0.142. The molecule has 2 saturated heterocycles. The van der Waals surface area contributed by atoms with Gasteiger partial charge in [-0.25, -0.2) is 0 Å². The molecule has 3 aliphatic heterocycles. The van der Waals surface area contributed by atoms with Crippen LogP contribution in [0, 0.1) is 11.8 Å². The number of rotatable bonds is 7. The topological polar surface area (TPSA) is 137 Å². The summed E-state index contributed by atoms with van der Waals surface area (Å²) in [5, 5.41) is 26.4. The monoisotopic (exact) mass is 577 g/mol. The molecule has 0 bridgehead atoms. The quantitative estimate of drug-likeness (QED) is 0.248. The van der Waals surface area contributed by atoms with Crippen molar-refractivity contribution < 1.29 is 34.1 Å². The lowest BCUT2D eigenvalue weighted by atomic mass is 9.76. The fraction of sp³-hybridized carbons (Fsp3) is 0.300. The van der Waals surface area contributed by atoms with Gasteiger partial charge in [0.25, 0.3) is 0 Å². The Morgan fingerprint density at radius 2 is 1.66 bits per heavy atom. The Bertz CT molecular complexity index is 1590. The fourth-order valence-corrected chi connectivity index (χ4v) is 6.63. The van der Waals surface area contributed by atoms with Gasteiger partial charge in [-0.1, -0.05) is 23.7 Å². The molecule has 3 aliphatic rings. The van der Waals surface area contributed by atoms with E-state index in [0.717, 1.165) is 5.56 Å². The summed E-state index contributed by atoms with van der Waals surface area (Å²) in [6.07, 6.45) is 0.602. The van der Waals surface area contributed by atoms with Crippen LogP contribution in [0.2, 0.25) is 5.02 Å². The van der Waals surface area contributed by atoms with Crippen LogP contribution >= 0.6 is 11.6 Å². The van der Waals surface area contributed by atoms with E-state index in [2.05, 4.69) is 10.6 Å². The number of benzene rings is 3. The SMILES string of the molecule is COc1ccc(CCN2C(=O)[C@H]3[C@@H](C2=O)[C@]2(N[C@@H]3Cc3ccc(O)c(O)c3)C(=O)Nc3ccc(Cl)cc32)cc1OC. The maximum atomic E-state index is 14.1. The highest BCUT2D eigenvalue weighted by atomic mass is 35.5. The Kier molecular flexibility index (Phi) is 6.55. The predicted molar refractivity (Wildman–Crippen MR) is 149 cm³/mol. The molecule has 6 rings (SSSR count). The van der Waals surface area contributed by atoms with Gasteiger partial charge in [-0.2, -0.15) is 0 Å². The molecule has 41 heavy (non-hydrogen) atoms. The number of hydrogen-bond donors (Lipinski definition) is 4. The van der Waals surface area contributed by atoms with Crippen molar-refractivity contribution in [3.8, 4) is 23.0 Å². The third-order valence-electron chi connectivity index (χ3n) is 8.34. The number of ether oxygens (including phenoxy) is 2. The van der Waals surface area contributed by atoms with Gasteiger partial charge in [0.15, 0.2) is 23.0 Å². The Hall–Kier alpha value is -4.28. The number of nitrogens with zero attached hydrogens (tertiary/aromatic N) is 1. The molecule has 4 N–H and O–H groups in total. The number of fused-ring (bicyclic) bond motifs is 4. The molecule has 3 heterocycles. The van der Waals surface area contributed by atoms with Crippen LogP contribution in [0.1, 0.15) is 16.7 Å². The van der Waals surface area contributed by atoms with E-state index in [1.165, 1.54) is 24.1 Å². The second-order valence-electron chi connectivity index (χ2n) is 10.5. The Morgan fingerprint density at radius 3 is 2.39 bits per heavy atom. The van der Waals surface area contributed by atoms with Crippen LogP contribution in [-0.2, 0) is 32.8 Å². The number of methoxy groups -OCH3 is 2. The molecule has 3 amide bonds. The van der Waals surface area contributed by atoms with Gasteiger partial charge in [0.05, 0.1) is 26.1 Å². The van der Waals surface area contributed by atoms with Crippen molar-refractivity contribution in [3.63, 3.8) is 0 Å². The lowest BCUT2D eigenvalue weighted by Crippen LogP contribution is -2.53. The fourth-order valence-electron chi connectivity index (χ4n) is 6.46. The number of likely N-dealkylation sites (tertiary alicyclic amines) is 1. The third-order valence-corrected chi connectivity index (χ3v) is 8.57. The Labute approximate surface area is 240 Å². The predicted octanol–water partition coefficient (Wildman–Crippen LogP) is 2.97. The van der Waals surface area contributed by atoms with Crippen molar-refractivity contribution in [1.82, 2.24) is 10.2 Å². The molecule has 0 aromatic heterocycles. The van der Waals surface area contributed by atoms with Crippen LogP contribution in [-0.4, -0.2) is 59.6 Å². The van der Waals surface area contributed by atoms with Crippen molar-refractivity contribution in [2.45, 2.75) is 24.4 Å². The van der Waals surface area contributed by atoms with Gasteiger partial charge in [-0.05, 0) is 66.4 Å². The van der Waals surface area contributed by atoms with E-state index in [-0.39, 0.29) is 30.4 Å². The smallest absolute Gasteiger partial charge is 0.250 e. The van der Waals surface area contributed by atoms with Crippen LogP contribution in [0.25, 0.3) is 0 Å². The Morgan fingerprint density at radius 1 is 0.902 bits per heavy atom. The molecule has 11 heteroatoms. The van der Waals surface area contributed by atoms with E-state index in [9.17, 15) is 24.6 Å². The number of aromatic hydroxyl groups is 2. The second kappa shape index (κ2) is 9.97. The van der Waals surface area contributed by atoms with Gasteiger partial charge in [0.1, 0.15) is 5.54 Å². The molecule has 3 aromatic rings. The van der Waals surface area contributed by atoms with Gasteiger partial charge >= 0.3 is 0 Å². The number of anilines is 1. The molecule has 10 nitrogen and oxygen atoms in total. The van der Waals surface area contributed by atoms with Crippen molar-refractivity contribution in [2.24, 2.45) is 11.8 Å². The van der Waals surface area contributed by atoms with Crippen LogP contribution < -0.4 is 20.1 Å². The molecule has 2 fully saturated rings. The van der Waals surface area contributed by atoms with E-state index in [4.69, 9.17) is 21.1 Å². The average Bonchev–Trinajstić information content (AvgIpc) is 3.53. The summed E-state index contributed by atoms with van der Waals surface area (Å²) >= 11 is 6.33. The number of halogens is 1. The lowest BCUT2D eigenvalue weighted by Gasteiger charge is -2.29. The average molecular weight is 578 g/mol. The van der Waals surface area contributed by atoms with E-state index in [0.29, 0.717) is 39.8 Å². The number of nitrogens with one attached hydrogen (secondary N) is 2. The molecule has 0 radical (unpaired) electrons. The molecule has 0 unspecified atom stereocenters. The number of phenols is 2. The molecular formula is C30H28ClN3O7.